The molecule has 0 saturated heterocycles. The Hall–Kier alpha value is -3.04. The van der Waals surface area contributed by atoms with Gasteiger partial charge in [-0.2, -0.15) is 10.2 Å². The van der Waals surface area contributed by atoms with Crippen LogP contribution >= 0.6 is 23.2 Å². The Bertz CT molecular complexity index is 988. The number of benzene rings is 2. The summed E-state index contributed by atoms with van der Waals surface area (Å²) < 4.78 is 20.7. The Kier molecular flexibility index (Phi) is 8.47. The quantitative estimate of drug-likeness (QED) is 0.420. The molecule has 31 heavy (non-hydrogen) atoms. The summed E-state index contributed by atoms with van der Waals surface area (Å²) in [5.41, 5.74) is 0.579. The van der Waals surface area contributed by atoms with Crippen molar-refractivity contribution in [3.8, 4) is 23.0 Å². The molecule has 0 aliphatic rings. The van der Waals surface area contributed by atoms with E-state index >= 15 is 0 Å². The fourth-order valence-electron chi connectivity index (χ4n) is 2.56. The largest absolute Gasteiger partial charge is 0.495 e. The first-order valence-electron chi connectivity index (χ1n) is 8.80. The molecule has 0 bridgehead atoms. The number of azo groups is 1. The third-order valence-corrected chi connectivity index (χ3v) is 4.71. The number of Topliss-reactive ketones (excluding diaryl/α,β-unsaturated/α-hetero) is 1. The minimum atomic E-state index is -1.40. The van der Waals surface area contributed by atoms with E-state index in [0.717, 1.165) is 0 Å². The molecular formula is C20H21Cl2N3O6. The van der Waals surface area contributed by atoms with E-state index in [1.54, 1.807) is 0 Å². The number of ether oxygens (including phenoxy) is 4. The van der Waals surface area contributed by atoms with E-state index in [0.29, 0.717) is 28.7 Å². The van der Waals surface area contributed by atoms with Crippen molar-refractivity contribution in [3.63, 3.8) is 0 Å². The van der Waals surface area contributed by atoms with E-state index in [4.69, 9.17) is 42.1 Å². The lowest BCUT2D eigenvalue weighted by molar-refractivity contribution is -0.126. The average Bonchev–Trinajstić information content (AvgIpc) is 2.73. The van der Waals surface area contributed by atoms with Crippen molar-refractivity contribution in [1.29, 1.82) is 0 Å². The fraction of sp³-hybridized carbons (Fsp3) is 0.300. The fourth-order valence-corrected chi connectivity index (χ4v) is 3.11. The molecule has 2 rings (SSSR count). The predicted octanol–water partition coefficient (Wildman–Crippen LogP) is 4.71. The number of ketones is 1. The van der Waals surface area contributed by atoms with E-state index in [2.05, 4.69) is 15.5 Å². The Morgan fingerprint density at radius 3 is 1.97 bits per heavy atom. The number of hydrogen-bond acceptors (Lipinski definition) is 8. The van der Waals surface area contributed by atoms with Crippen molar-refractivity contribution >= 4 is 46.3 Å². The monoisotopic (exact) mass is 469 g/mol. The number of methoxy groups -OCH3 is 4. The summed E-state index contributed by atoms with van der Waals surface area (Å²) in [6.07, 6.45) is 0. The maximum Gasteiger partial charge on any atom is 0.258 e. The third-order valence-electron chi connectivity index (χ3n) is 4.05. The maximum atomic E-state index is 12.7. The van der Waals surface area contributed by atoms with Gasteiger partial charge in [0.15, 0.2) is 17.3 Å². The van der Waals surface area contributed by atoms with Crippen LogP contribution in [0.15, 0.2) is 34.5 Å². The van der Waals surface area contributed by atoms with Crippen LogP contribution in [0.3, 0.4) is 0 Å². The molecule has 1 unspecified atom stereocenters. The molecule has 1 amide bonds. The van der Waals surface area contributed by atoms with Crippen molar-refractivity contribution in [2.75, 3.05) is 33.8 Å². The van der Waals surface area contributed by atoms with Crippen LogP contribution in [0.1, 0.15) is 6.92 Å². The van der Waals surface area contributed by atoms with Crippen LogP contribution in [0.25, 0.3) is 0 Å². The van der Waals surface area contributed by atoms with Crippen LogP contribution in [0, 0.1) is 0 Å². The molecule has 0 fully saturated rings. The first-order valence-corrected chi connectivity index (χ1v) is 9.56. The molecule has 0 aliphatic carbocycles. The van der Waals surface area contributed by atoms with Crippen molar-refractivity contribution < 1.29 is 28.5 Å². The van der Waals surface area contributed by atoms with Gasteiger partial charge in [0, 0.05) is 23.9 Å². The molecule has 1 N–H and O–H groups in total. The van der Waals surface area contributed by atoms with Gasteiger partial charge in [-0.05, 0) is 13.0 Å². The smallest absolute Gasteiger partial charge is 0.258 e. The van der Waals surface area contributed by atoms with Gasteiger partial charge in [-0.25, -0.2) is 0 Å². The molecule has 9 nitrogen and oxygen atoms in total. The van der Waals surface area contributed by atoms with Crippen LogP contribution in [-0.4, -0.2) is 46.2 Å². The maximum absolute atomic E-state index is 12.7. The second kappa shape index (κ2) is 10.8. The minimum Gasteiger partial charge on any atom is -0.495 e. The highest BCUT2D eigenvalue weighted by Crippen LogP contribution is 2.39. The molecule has 166 valence electrons. The second-order valence-corrected chi connectivity index (χ2v) is 6.86. The van der Waals surface area contributed by atoms with Gasteiger partial charge in [0.2, 0.25) is 6.04 Å². The summed E-state index contributed by atoms with van der Waals surface area (Å²) in [6.45, 7) is 1.23. The first kappa shape index (κ1) is 24.2. The highest BCUT2D eigenvalue weighted by molar-refractivity contribution is 6.33. The highest BCUT2D eigenvalue weighted by Gasteiger charge is 2.24. The second-order valence-electron chi connectivity index (χ2n) is 6.08. The summed E-state index contributed by atoms with van der Waals surface area (Å²) in [5, 5.41) is 10.9. The lowest BCUT2D eigenvalue weighted by Gasteiger charge is -2.14. The number of carbonyl (C=O) groups excluding carboxylic acids is 2. The van der Waals surface area contributed by atoms with E-state index in [1.807, 2.05) is 0 Å². The number of anilines is 1. The topological polar surface area (TPSA) is 108 Å². The summed E-state index contributed by atoms with van der Waals surface area (Å²) in [4.78, 5) is 24.7. The zero-order chi connectivity index (χ0) is 23.1. The molecule has 11 heteroatoms. The average molecular weight is 470 g/mol. The zero-order valence-electron chi connectivity index (χ0n) is 17.5. The molecular weight excluding hydrogens is 449 g/mol. The first-order chi connectivity index (χ1) is 14.7. The van der Waals surface area contributed by atoms with Crippen LogP contribution in [0.5, 0.6) is 23.0 Å². The van der Waals surface area contributed by atoms with Gasteiger partial charge < -0.3 is 24.3 Å². The van der Waals surface area contributed by atoms with Crippen LogP contribution < -0.4 is 24.3 Å². The predicted molar refractivity (Wildman–Crippen MR) is 117 cm³/mol. The number of nitrogens with zero attached hydrogens (tertiary/aromatic N) is 2. The van der Waals surface area contributed by atoms with Crippen molar-refractivity contribution in [2.24, 2.45) is 10.2 Å². The summed E-state index contributed by atoms with van der Waals surface area (Å²) in [5.74, 6) is 0.0212. The number of hydrogen-bond donors (Lipinski definition) is 1. The summed E-state index contributed by atoms with van der Waals surface area (Å²) in [7, 11) is 5.74. The summed E-state index contributed by atoms with van der Waals surface area (Å²) in [6, 6.07) is 4.56. The van der Waals surface area contributed by atoms with E-state index in [1.165, 1.54) is 59.6 Å². The molecule has 0 aliphatic heterocycles. The standard InChI is InChI=1S/C20H21Cl2N3O6/c1-10(26)18(25-24-12-8-14(28-2)17(22)15(9-12)29-3)20(27)23-11-6-13(21)19(31-5)16(7-11)30-4/h6-9,18H,1-5H3,(H,23,27). The molecule has 0 radical (unpaired) electrons. The molecule has 0 aromatic heterocycles. The van der Waals surface area contributed by atoms with Gasteiger partial charge >= 0.3 is 0 Å². The number of carbonyl (C=O) groups is 2. The van der Waals surface area contributed by atoms with Crippen LogP contribution in [0.2, 0.25) is 10.0 Å². The van der Waals surface area contributed by atoms with Crippen LogP contribution in [0.4, 0.5) is 11.4 Å². The molecule has 2 aromatic carbocycles. The Morgan fingerprint density at radius 1 is 0.903 bits per heavy atom. The van der Waals surface area contributed by atoms with E-state index < -0.39 is 17.7 Å². The van der Waals surface area contributed by atoms with Crippen molar-refractivity contribution in [1.82, 2.24) is 0 Å². The highest BCUT2D eigenvalue weighted by atomic mass is 35.5. The lowest BCUT2D eigenvalue weighted by Crippen LogP contribution is -2.31. The van der Waals surface area contributed by atoms with E-state index in [9.17, 15) is 9.59 Å². The van der Waals surface area contributed by atoms with Gasteiger partial charge in [0.05, 0.1) is 39.1 Å². The third kappa shape index (κ3) is 5.77. The van der Waals surface area contributed by atoms with Crippen molar-refractivity contribution in [2.45, 2.75) is 13.0 Å². The number of amides is 1. The molecule has 0 saturated carbocycles. The Morgan fingerprint density at radius 2 is 1.48 bits per heavy atom. The number of rotatable bonds is 9. The van der Waals surface area contributed by atoms with Crippen LogP contribution in [-0.2, 0) is 9.59 Å². The molecule has 0 spiro atoms. The summed E-state index contributed by atoms with van der Waals surface area (Å²) >= 11 is 12.3. The molecule has 0 heterocycles. The molecule has 2 aromatic rings. The van der Waals surface area contributed by atoms with Crippen molar-refractivity contribution in [3.05, 3.63) is 34.3 Å². The lowest BCUT2D eigenvalue weighted by atomic mass is 10.2. The van der Waals surface area contributed by atoms with Gasteiger partial charge in [-0.3, -0.25) is 9.59 Å². The number of nitrogens with one attached hydrogen (secondary N) is 1. The SMILES string of the molecule is COc1cc(N=NC(C(C)=O)C(=O)Nc2cc(Cl)c(OC)c(OC)c2)cc(OC)c1Cl. The van der Waals surface area contributed by atoms with Gasteiger partial charge in [-0.1, -0.05) is 23.2 Å². The Balaban J connectivity index is 2.30. The normalized spacial score (nSPS) is 11.7. The molecule has 1 atom stereocenters. The van der Waals surface area contributed by atoms with Gasteiger partial charge in [0.25, 0.3) is 5.91 Å². The zero-order valence-corrected chi connectivity index (χ0v) is 19.0. The van der Waals surface area contributed by atoms with Gasteiger partial charge in [0.1, 0.15) is 16.5 Å². The van der Waals surface area contributed by atoms with Gasteiger partial charge in [-0.15, -0.1) is 0 Å². The minimum absolute atomic E-state index is 0.221. The Labute approximate surface area is 189 Å². The number of halogens is 2. The van der Waals surface area contributed by atoms with E-state index in [-0.39, 0.29) is 15.7 Å².